The summed E-state index contributed by atoms with van der Waals surface area (Å²) in [6.07, 6.45) is 7.06. The van der Waals surface area contributed by atoms with Crippen LogP contribution in [0.5, 0.6) is 11.5 Å². The second-order valence-electron chi connectivity index (χ2n) is 10.3. The average molecular weight is 604 g/mol. The van der Waals surface area contributed by atoms with E-state index >= 15 is 0 Å². The van der Waals surface area contributed by atoms with Gasteiger partial charge in [0.1, 0.15) is 6.61 Å². The number of imide groups is 1. The molecule has 186 valence electrons. The van der Waals surface area contributed by atoms with E-state index in [0.717, 1.165) is 31.5 Å². The molecule has 37 heavy (non-hydrogen) atoms. The number of carbonyl (C=O) groups excluding carboxylic acids is 2. The number of carbonyl (C=O) groups is 2. The SMILES string of the molecule is COc1cc(C=NN2C(=O)[C@@H]3[C@H]4C=C[C@@H]([C@@H]5C[C@@H]45)[C@H]3C2=O)cc(I)c1OCc1cccc2ccccc12. The van der Waals surface area contributed by atoms with Crippen LogP contribution in [-0.2, 0) is 16.2 Å². The van der Waals surface area contributed by atoms with Crippen LogP contribution in [0.3, 0.4) is 0 Å². The molecule has 0 spiro atoms. The van der Waals surface area contributed by atoms with Crippen molar-refractivity contribution in [1.29, 1.82) is 0 Å². The number of ether oxygens (including phenoxy) is 2. The highest BCUT2D eigenvalue weighted by Gasteiger charge is 2.67. The molecule has 1 saturated heterocycles. The first-order valence-corrected chi connectivity index (χ1v) is 13.7. The van der Waals surface area contributed by atoms with Gasteiger partial charge in [-0.05, 0) is 86.7 Å². The maximum absolute atomic E-state index is 13.2. The molecule has 3 aromatic carbocycles. The van der Waals surface area contributed by atoms with E-state index in [1.807, 2.05) is 30.3 Å². The normalized spacial score (nSPS) is 29.2. The van der Waals surface area contributed by atoms with Crippen LogP contribution in [0.4, 0.5) is 0 Å². The van der Waals surface area contributed by atoms with Gasteiger partial charge in [-0.25, -0.2) is 0 Å². The lowest BCUT2D eigenvalue weighted by Gasteiger charge is -2.37. The Morgan fingerprint density at radius 1 is 1.00 bits per heavy atom. The third-order valence-electron chi connectivity index (χ3n) is 8.47. The predicted octanol–water partition coefficient (Wildman–Crippen LogP) is 5.42. The van der Waals surface area contributed by atoms with Gasteiger partial charge >= 0.3 is 0 Å². The molecule has 0 aromatic heterocycles. The van der Waals surface area contributed by atoms with Crippen LogP contribution in [0.25, 0.3) is 10.8 Å². The first-order valence-electron chi connectivity index (χ1n) is 12.6. The van der Waals surface area contributed by atoms with Crippen molar-refractivity contribution >= 4 is 51.4 Å². The lowest BCUT2D eigenvalue weighted by molar-refractivity contribution is -0.140. The second kappa shape index (κ2) is 8.68. The van der Waals surface area contributed by atoms with Crippen molar-refractivity contribution in [2.24, 2.45) is 40.6 Å². The fraction of sp³-hybridized carbons (Fsp3) is 0.300. The van der Waals surface area contributed by atoms with E-state index in [0.29, 0.717) is 29.9 Å². The van der Waals surface area contributed by atoms with E-state index in [2.05, 4.69) is 64.1 Å². The molecule has 5 aliphatic rings. The molecule has 6 atom stereocenters. The Labute approximate surface area is 228 Å². The fourth-order valence-corrected chi connectivity index (χ4v) is 7.48. The summed E-state index contributed by atoms with van der Waals surface area (Å²) in [4.78, 5) is 26.4. The summed E-state index contributed by atoms with van der Waals surface area (Å²) in [7, 11) is 1.60. The number of fused-ring (bicyclic) bond motifs is 1. The van der Waals surface area contributed by atoms with Crippen molar-refractivity contribution in [3.63, 3.8) is 0 Å². The molecule has 2 saturated carbocycles. The highest BCUT2D eigenvalue weighted by atomic mass is 127. The van der Waals surface area contributed by atoms with E-state index in [9.17, 15) is 9.59 Å². The van der Waals surface area contributed by atoms with Crippen molar-refractivity contribution in [3.8, 4) is 11.5 Å². The largest absolute Gasteiger partial charge is 0.493 e. The molecule has 8 rings (SSSR count). The van der Waals surface area contributed by atoms with Gasteiger partial charge in [0.2, 0.25) is 0 Å². The number of halogens is 1. The van der Waals surface area contributed by atoms with Gasteiger partial charge in [0.05, 0.1) is 28.7 Å². The Bertz CT molecular complexity index is 1470. The molecule has 3 fully saturated rings. The van der Waals surface area contributed by atoms with E-state index in [-0.39, 0.29) is 35.5 Å². The van der Waals surface area contributed by atoms with Crippen molar-refractivity contribution < 1.29 is 19.1 Å². The van der Waals surface area contributed by atoms with Crippen LogP contribution in [0, 0.1) is 39.1 Å². The number of amides is 2. The molecule has 6 nitrogen and oxygen atoms in total. The van der Waals surface area contributed by atoms with Gasteiger partial charge in [-0.3, -0.25) is 9.59 Å². The van der Waals surface area contributed by atoms with Crippen molar-refractivity contribution in [3.05, 3.63) is 81.4 Å². The van der Waals surface area contributed by atoms with Crippen LogP contribution in [0.1, 0.15) is 17.5 Å². The summed E-state index contributed by atoms with van der Waals surface area (Å²) in [5.74, 6) is 1.93. The topological polar surface area (TPSA) is 68.2 Å². The molecule has 0 N–H and O–H groups in total. The number of hydrazone groups is 1. The lowest BCUT2D eigenvalue weighted by Crippen LogP contribution is -2.40. The molecule has 0 radical (unpaired) electrons. The number of rotatable bonds is 6. The number of benzene rings is 3. The standard InChI is InChI=1S/C30H25IN2O4/c1-36-25-12-16(11-24(31)28(25)37-15-18-7-4-6-17-5-2-3-8-19(17)18)14-32-33-29(34)26-20-9-10-21(23-13-22(20)23)27(26)30(33)35/h2-12,14,20-23,26-27H,13,15H2,1H3/t20-,21-,22-,23-,26+,27+/m0/s1. The van der Waals surface area contributed by atoms with Crippen LogP contribution in [0.15, 0.2) is 71.9 Å². The van der Waals surface area contributed by atoms with Gasteiger partial charge in [0, 0.05) is 0 Å². The minimum Gasteiger partial charge on any atom is -0.493 e. The molecule has 1 heterocycles. The van der Waals surface area contributed by atoms with Crippen LogP contribution < -0.4 is 9.47 Å². The molecular weight excluding hydrogens is 579 g/mol. The molecule has 3 aromatic rings. The van der Waals surface area contributed by atoms with Gasteiger partial charge in [-0.2, -0.15) is 10.1 Å². The molecule has 7 heteroatoms. The van der Waals surface area contributed by atoms with Gasteiger partial charge in [-0.1, -0.05) is 54.6 Å². The fourth-order valence-electron chi connectivity index (χ4n) is 6.70. The Hall–Kier alpha value is -3.20. The summed E-state index contributed by atoms with van der Waals surface area (Å²) >= 11 is 2.22. The minimum atomic E-state index is -0.247. The maximum Gasteiger partial charge on any atom is 0.254 e. The third kappa shape index (κ3) is 3.61. The zero-order valence-electron chi connectivity index (χ0n) is 20.2. The van der Waals surface area contributed by atoms with Crippen molar-refractivity contribution in [2.45, 2.75) is 13.0 Å². The number of hydrogen-bond acceptors (Lipinski definition) is 5. The Morgan fingerprint density at radius 3 is 2.43 bits per heavy atom. The summed E-state index contributed by atoms with van der Waals surface area (Å²) in [5, 5.41) is 7.81. The van der Waals surface area contributed by atoms with Gasteiger partial charge in [-0.15, -0.1) is 0 Å². The van der Waals surface area contributed by atoms with E-state index in [4.69, 9.17) is 9.47 Å². The van der Waals surface area contributed by atoms with Crippen molar-refractivity contribution in [2.75, 3.05) is 7.11 Å². The Morgan fingerprint density at radius 2 is 1.70 bits per heavy atom. The first-order chi connectivity index (χ1) is 18.0. The highest BCUT2D eigenvalue weighted by Crippen LogP contribution is 2.65. The molecule has 1 aliphatic heterocycles. The van der Waals surface area contributed by atoms with Crippen molar-refractivity contribution in [1.82, 2.24) is 5.01 Å². The summed E-state index contributed by atoms with van der Waals surface area (Å²) in [5.41, 5.74) is 1.83. The molecular formula is C30H25IN2O4. The monoisotopic (exact) mass is 604 g/mol. The number of hydrogen-bond donors (Lipinski definition) is 0. The quantitative estimate of drug-likeness (QED) is 0.163. The number of allylic oxidation sites excluding steroid dienone is 2. The Balaban J connectivity index is 1.11. The molecule has 0 unspecified atom stereocenters. The van der Waals surface area contributed by atoms with Crippen LogP contribution in [0.2, 0.25) is 0 Å². The summed E-state index contributed by atoms with van der Waals surface area (Å²) in [6.45, 7) is 0.402. The van der Waals surface area contributed by atoms with Gasteiger partial charge < -0.3 is 9.47 Å². The lowest BCUT2D eigenvalue weighted by atomic mass is 9.63. The maximum atomic E-state index is 13.2. The van der Waals surface area contributed by atoms with E-state index < -0.39 is 0 Å². The summed E-state index contributed by atoms with van der Waals surface area (Å²) in [6, 6.07) is 18.2. The first kappa shape index (κ1) is 23.0. The molecule has 4 aliphatic carbocycles. The zero-order valence-corrected chi connectivity index (χ0v) is 22.4. The van der Waals surface area contributed by atoms with Gasteiger partial charge in [0.25, 0.3) is 11.8 Å². The zero-order chi connectivity index (χ0) is 25.3. The van der Waals surface area contributed by atoms with E-state index in [1.165, 1.54) is 5.39 Å². The van der Waals surface area contributed by atoms with E-state index in [1.54, 1.807) is 13.3 Å². The van der Waals surface area contributed by atoms with Crippen LogP contribution in [-0.4, -0.2) is 30.1 Å². The average Bonchev–Trinajstić information content (AvgIpc) is 3.70. The smallest absolute Gasteiger partial charge is 0.254 e. The molecule has 2 amide bonds. The van der Waals surface area contributed by atoms with Gasteiger partial charge in [0.15, 0.2) is 11.5 Å². The number of nitrogens with zero attached hydrogens (tertiary/aromatic N) is 2. The van der Waals surface area contributed by atoms with Crippen LogP contribution >= 0.6 is 22.6 Å². The molecule has 2 bridgehead atoms. The predicted molar refractivity (Wildman–Crippen MR) is 148 cm³/mol. The Kier molecular flexibility index (Phi) is 5.39. The summed E-state index contributed by atoms with van der Waals surface area (Å²) < 4.78 is 12.7. The second-order valence-corrected chi connectivity index (χ2v) is 11.5. The third-order valence-corrected chi connectivity index (χ3v) is 9.27. The highest BCUT2D eigenvalue weighted by molar-refractivity contribution is 14.1. The minimum absolute atomic E-state index is 0.160. The number of methoxy groups -OCH3 is 1.